The fourth-order valence-corrected chi connectivity index (χ4v) is 3.44. The predicted octanol–water partition coefficient (Wildman–Crippen LogP) is 3.64. The molecule has 1 atom stereocenters. The number of anilines is 2. The zero-order valence-electron chi connectivity index (χ0n) is 13.5. The Labute approximate surface area is 137 Å². The fourth-order valence-electron chi connectivity index (χ4n) is 3.44. The summed E-state index contributed by atoms with van der Waals surface area (Å²) >= 11 is 0. The minimum Gasteiger partial charge on any atom is -0.374 e. The molecule has 4 rings (SSSR count). The van der Waals surface area contributed by atoms with Gasteiger partial charge in [0.1, 0.15) is 0 Å². The minimum atomic E-state index is 0.230. The van der Waals surface area contributed by atoms with Crippen molar-refractivity contribution in [2.24, 2.45) is 0 Å². The molecular weight excluding hydrogens is 284 g/mol. The van der Waals surface area contributed by atoms with Crippen molar-refractivity contribution in [2.75, 3.05) is 38.2 Å². The Kier molecular flexibility index (Phi) is 3.90. The molecule has 0 bridgehead atoms. The molecule has 2 aliphatic rings. The topological polar surface area (TPSA) is 15.7 Å². The molecule has 3 heteroatoms. The van der Waals surface area contributed by atoms with Gasteiger partial charge in [0.05, 0.1) is 19.3 Å². The molecule has 2 aromatic rings. The minimum absolute atomic E-state index is 0.230. The summed E-state index contributed by atoms with van der Waals surface area (Å²) in [6.45, 7) is 3.69. The molecule has 2 heterocycles. The van der Waals surface area contributed by atoms with Gasteiger partial charge in [-0.3, -0.25) is 0 Å². The summed E-state index contributed by atoms with van der Waals surface area (Å²) in [5, 5.41) is 0. The van der Waals surface area contributed by atoms with Gasteiger partial charge in [-0.2, -0.15) is 0 Å². The smallest absolute Gasteiger partial charge is 0.0881 e. The molecule has 0 radical (unpaired) electrons. The summed E-state index contributed by atoms with van der Waals surface area (Å²) in [6.07, 6.45) is 4.65. The van der Waals surface area contributed by atoms with E-state index in [1.54, 1.807) is 0 Å². The SMILES string of the molecule is CN1CCOC(CN2c3ccccc3C=Cc3ccccc32)C1. The Hall–Kier alpha value is -2.10. The third-order valence-corrected chi connectivity index (χ3v) is 4.63. The second-order valence-electron chi connectivity index (χ2n) is 6.32. The molecule has 0 N–H and O–H groups in total. The number of fused-ring (bicyclic) bond motifs is 2. The van der Waals surface area contributed by atoms with Crippen LogP contribution in [0.5, 0.6) is 0 Å². The Morgan fingerprint density at radius 3 is 2.17 bits per heavy atom. The lowest BCUT2D eigenvalue weighted by Gasteiger charge is -2.35. The first-order chi connectivity index (χ1) is 11.3. The van der Waals surface area contributed by atoms with Crippen LogP contribution in [0.2, 0.25) is 0 Å². The lowest BCUT2D eigenvalue weighted by Crippen LogP contribution is -2.45. The molecule has 2 aromatic carbocycles. The first-order valence-electron chi connectivity index (χ1n) is 8.25. The van der Waals surface area contributed by atoms with Crippen LogP contribution in [0.15, 0.2) is 48.5 Å². The van der Waals surface area contributed by atoms with Crippen molar-refractivity contribution in [3.63, 3.8) is 0 Å². The highest BCUT2D eigenvalue weighted by Gasteiger charge is 2.24. The Morgan fingerprint density at radius 2 is 1.57 bits per heavy atom. The van der Waals surface area contributed by atoms with Crippen molar-refractivity contribution >= 4 is 23.5 Å². The number of hydrogen-bond donors (Lipinski definition) is 0. The van der Waals surface area contributed by atoms with Gasteiger partial charge in [-0.05, 0) is 30.3 Å². The van der Waals surface area contributed by atoms with Gasteiger partial charge < -0.3 is 14.5 Å². The second kappa shape index (κ2) is 6.19. The Morgan fingerprint density at radius 1 is 0.957 bits per heavy atom. The quantitative estimate of drug-likeness (QED) is 0.842. The first kappa shape index (κ1) is 14.5. The molecular formula is C20H22N2O. The van der Waals surface area contributed by atoms with E-state index in [0.717, 1.165) is 26.2 Å². The molecule has 0 amide bonds. The van der Waals surface area contributed by atoms with Gasteiger partial charge in [-0.1, -0.05) is 48.6 Å². The lowest BCUT2D eigenvalue weighted by atomic mass is 10.1. The molecule has 0 spiro atoms. The van der Waals surface area contributed by atoms with Gasteiger partial charge in [-0.25, -0.2) is 0 Å². The van der Waals surface area contributed by atoms with Crippen molar-refractivity contribution in [1.29, 1.82) is 0 Å². The van der Waals surface area contributed by atoms with Crippen molar-refractivity contribution < 1.29 is 4.74 Å². The summed E-state index contributed by atoms with van der Waals surface area (Å²) in [4.78, 5) is 4.76. The van der Waals surface area contributed by atoms with E-state index in [-0.39, 0.29) is 6.10 Å². The normalized spacial score (nSPS) is 20.7. The van der Waals surface area contributed by atoms with E-state index in [1.165, 1.54) is 22.5 Å². The summed E-state index contributed by atoms with van der Waals surface area (Å²) in [5.74, 6) is 0. The van der Waals surface area contributed by atoms with E-state index in [2.05, 4.69) is 77.5 Å². The maximum absolute atomic E-state index is 6.02. The molecule has 3 nitrogen and oxygen atoms in total. The maximum atomic E-state index is 6.02. The zero-order chi connectivity index (χ0) is 15.6. The highest BCUT2D eigenvalue weighted by atomic mass is 16.5. The van der Waals surface area contributed by atoms with Crippen LogP contribution < -0.4 is 4.90 Å². The van der Waals surface area contributed by atoms with Crippen molar-refractivity contribution in [2.45, 2.75) is 6.10 Å². The summed E-state index contributed by atoms with van der Waals surface area (Å²) in [5.41, 5.74) is 5.02. The summed E-state index contributed by atoms with van der Waals surface area (Å²) in [6, 6.07) is 17.2. The molecule has 0 saturated carbocycles. The number of para-hydroxylation sites is 2. The van der Waals surface area contributed by atoms with Crippen LogP contribution in [0.4, 0.5) is 11.4 Å². The Balaban J connectivity index is 1.73. The number of likely N-dealkylation sites (N-methyl/N-ethyl adjacent to an activating group) is 1. The highest BCUT2D eigenvalue weighted by Crippen LogP contribution is 2.36. The number of rotatable bonds is 2. The zero-order valence-corrected chi connectivity index (χ0v) is 13.5. The van der Waals surface area contributed by atoms with Gasteiger partial charge in [0.25, 0.3) is 0 Å². The van der Waals surface area contributed by atoms with Gasteiger partial charge in [0, 0.05) is 24.5 Å². The lowest BCUT2D eigenvalue weighted by molar-refractivity contribution is -0.0137. The number of nitrogens with zero attached hydrogens (tertiary/aromatic N) is 2. The average molecular weight is 306 g/mol. The summed E-state index contributed by atoms with van der Waals surface area (Å²) < 4.78 is 6.02. The van der Waals surface area contributed by atoms with Crippen molar-refractivity contribution in [3.8, 4) is 0 Å². The Bertz CT molecular complexity index is 676. The van der Waals surface area contributed by atoms with E-state index in [4.69, 9.17) is 4.74 Å². The molecule has 0 aromatic heterocycles. The first-order valence-corrected chi connectivity index (χ1v) is 8.25. The number of benzene rings is 2. The van der Waals surface area contributed by atoms with Gasteiger partial charge in [-0.15, -0.1) is 0 Å². The molecule has 0 aliphatic carbocycles. The molecule has 23 heavy (non-hydrogen) atoms. The molecule has 1 fully saturated rings. The van der Waals surface area contributed by atoms with Gasteiger partial charge >= 0.3 is 0 Å². The third kappa shape index (κ3) is 2.90. The monoisotopic (exact) mass is 306 g/mol. The van der Waals surface area contributed by atoms with E-state index >= 15 is 0 Å². The fraction of sp³-hybridized carbons (Fsp3) is 0.300. The molecule has 118 valence electrons. The van der Waals surface area contributed by atoms with Crippen LogP contribution in [0, 0.1) is 0 Å². The van der Waals surface area contributed by atoms with Crippen LogP contribution in [-0.4, -0.2) is 44.3 Å². The third-order valence-electron chi connectivity index (χ3n) is 4.63. The van der Waals surface area contributed by atoms with E-state index in [1.807, 2.05) is 0 Å². The summed E-state index contributed by atoms with van der Waals surface area (Å²) in [7, 11) is 2.17. The predicted molar refractivity (Wildman–Crippen MR) is 96.1 cm³/mol. The number of morpholine rings is 1. The number of ether oxygens (including phenoxy) is 1. The van der Waals surface area contributed by atoms with E-state index in [0.29, 0.717) is 0 Å². The van der Waals surface area contributed by atoms with Gasteiger partial charge in [0.15, 0.2) is 0 Å². The largest absolute Gasteiger partial charge is 0.374 e. The molecule has 2 aliphatic heterocycles. The molecule has 1 unspecified atom stereocenters. The number of hydrogen-bond acceptors (Lipinski definition) is 3. The van der Waals surface area contributed by atoms with E-state index < -0.39 is 0 Å². The van der Waals surface area contributed by atoms with Crippen LogP contribution in [0.25, 0.3) is 12.2 Å². The van der Waals surface area contributed by atoms with Crippen LogP contribution in [-0.2, 0) is 4.74 Å². The second-order valence-corrected chi connectivity index (χ2v) is 6.32. The van der Waals surface area contributed by atoms with Gasteiger partial charge in [0.2, 0.25) is 0 Å². The highest BCUT2D eigenvalue weighted by molar-refractivity contribution is 5.88. The van der Waals surface area contributed by atoms with Crippen LogP contribution >= 0.6 is 0 Å². The maximum Gasteiger partial charge on any atom is 0.0881 e. The average Bonchev–Trinajstić information content (AvgIpc) is 2.73. The van der Waals surface area contributed by atoms with Crippen molar-refractivity contribution in [3.05, 3.63) is 59.7 Å². The standard InChI is InChI=1S/C20H22N2O/c1-21-12-13-23-18(14-21)15-22-19-8-4-2-6-16(19)10-11-17-7-3-5-9-20(17)22/h2-11,18H,12-15H2,1H3. The van der Waals surface area contributed by atoms with Crippen LogP contribution in [0.3, 0.4) is 0 Å². The van der Waals surface area contributed by atoms with Crippen molar-refractivity contribution in [1.82, 2.24) is 4.90 Å². The van der Waals surface area contributed by atoms with Crippen LogP contribution in [0.1, 0.15) is 11.1 Å². The molecule has 1 saturated heterocycles. The van der Waals surface area contributed by atoms with E-state index in [9.17, 15) is 0 Å².